The van der Waals surface area contributed by atoms with Gasteiger partial charge < -0.3 is 14.9 Å². The number of hydrogen-bond acceptors (Lipinski definition) is 6. The standard InChI is InChI=1S/C34H46N4O5/c1-35(32(39)17-14-25-12-15-30(16-13-25)38(42)43)29-18-20-36(21-19-29)22-28-23-37(24-31(28)26-8-4-2-5-9-26)33(34(40)41)27-10-6-3-7-11-27/h2,4-5,8-9,12-13,15-16,27-29,31,33H,3,6-7,10-11,14,17-24H2,1H3,(H,40,41). The van der Waals surface area contributed by atoms with Crippen molar-refractivity contribution in [2.75, 3.05) is 39.8 Å². The summed E-state index contributed by atoms with van der Waals surface area (Å²) in [5.74, 6) is 0.361. The summed E-state index contributed by atoms with van der Waals surface area (Å²) in [5, 5.41) is 21.2. The van der Waals surface area contributed by atoms with Crippen LogP contribution in [0.2, 0.25) is 0 Å². The summed E-state index contributed by atoms with van der Waals surface area (Å²) in [6, 6.07) is 16.8. The van der Waals surface area contributed by atoms with Gasteiger partial charge in [0.1, 0.15) is 6.04 Å². The summed E-state index contributed by atoms with van der Waals surface area (Å²) in [4.78, 5) is 42.7. The first kappa shape index (κ1) is 31.1. The van der Waals surface area contributed by atoms with E-state index in [9.17, 15) is 24.8 Å². The predicted molar refractivity (Wildman–Crippen MR) is 166 cm³/mol. The van der Waals surface area contributed by atoms with Gasteiger partial charge in [-0.15, -0.1) is 0 Å². The number of non-ortho nitro benzene ring substituents is 1. The molecule has 2 heterocycles. The van der Waals surface area contributed by atoms with E-state index in [1.807, 2.05) is 18.0 Å². The van der Waals surface area contributed by atoms with Crippen LogP contribution in [0.5, 0.6) is 0 Å². The summed E-state index contributed by atoms with van der Waals surface area (Å²) in [5.41, 5.74) is 2.29. The van der Waals surface area contributed by atoms with Crippen LogP contribution in [-0.4, -0.2) is 88.5 Å². The molecule has 9 nitrogen and oxygen atoms in total. The molecule has 1 N–H and O–H groups in total. The number of benzene rings is 2. The zero-order valence-electron chi connectivity index (χ0n) is 25.4. The summed E-state index contributed by atoms with van der Waals surface area (Å²) in [7, 11) is 1.90. The van der Waals surface area contributed by atoms with Crippen molar-refractivity contribution in [3.63, 3.8) is 0 Å². The zero-order valence-corrected chi connectivity index (χ0v) is 25.4. The maximum absolute atomic E-state index is 13.0. The molecule has 5 rings (SSSR count). The molecule has 0 bridgehead atoms. The summed E-state index contributed by atoms with van der Waals surface area (Å²) in [6.45, 7) is 4.40. The van der Waals surface area contributed by atoms with E-state index in [1.54, 1.807) is 12.1 Å². The number of likely N-dealkylation sites (tertiary alicyclic amines) is 2. The molecule has 9 heteroatoms. The van der Waals surface area contributed by atoms with Gasteiger partial charge in [-0.05, 0) is 55.1 Å². The lowest BCUT2D eigenvalue weighted by Crippen LogP contribution is -2.48. The van der Waals surface area contributed by atoms with Crippen molar-refractivity contribution in [1.29, 1.82) is 0 Å². The molecule has 232 valence electrons. The number of piperidine rings is 1. The molecule has 0 radical (unpaired) electrons. The Morgan fingerprint density at radius 3 is 2.28 bits per heavy atom. The lowest BCUT2D eigenvalue weighted by molar-refractivity contribution is -0.384. The van der Waals surface area contributed by atoms with Gasteiger partial charge >= 0.3 is 5.97 Å². The maximum Gasteiger partial charge on any atom is 0.321 e. The second-order valence-electron chi connectivity index (χ2n) is 12.9. The van der Waals surface area contributed by atoms with Crippen LogP contribution in [0.4, 0.5) is 5.69 Å². The number of aryl methyl sites for hydroxylation is 1. The predicted octanol–water partition coefficient (Wildman–Crippen LogP) is 5.20. The van der Waals surface area contributed by atoms with Crippen molar-refractivity contribution in [2.45, 2.75) is 75.8 Å². The van der Waals surface area contributed by atoms with Gasteiger partial charge in [-0.25, -0.2) is 0 Å². The third-order valence-electron chi connectivity index (χ3n) is 10.2. The minimum atomic E-state index is -0.665. The van der Waals surface area contributed by atoms with Gasteiger partial charge in [-0.2, -0.15) is 0 Å². The van der Waals surface area contributed by atoms with Crippen molar-refractivity contribution in [2.24, 2.45) is 11.8 Å². The van der Waals surface area contributed by atoms with E-state index in [-0.39, 0.29) is 23.6 Å². The number of hydrogen-bond donors (Lipinski definition) is 1. The third-order valence-corrected chi connectivity index (χ3v) is 10.2. The van der Waals surface area contributed by atoms with Crippen LogP contribution >= 0.6 is 0 Å². The number of aliphatic carboxylic acids is 1. The SMILES string of the molecule is CN(C(=O)CCc1ccc([N+](=O)[O-])cc1)C1CCN(CC2CN(C(C(=O)O)C3CCCCC3)CC2c2ccccc2)CC1. The Hall–Kier alpha value is -3.30. The van der Waals surface area contributed by atoms with Crippen molar-refractivity contribution in [1.82, 2.24) is 14.7 Å². The minimum Gasteiger partial charge on any atom is -0.480 e. The molecule has 1 aliphatic carbocycles. The molecule has 1 saturated carbocycles. The van der Waals surface area contributed by atoms with Gasteiger partial charge in [0.15, 0.2) is 0 Å². The Morgan fingerprint density at radius 1 is 0.977 bits per heavy atom. The van der Waals surface area contributed by atoms with E-state index < -0.39 is 16.9 Å². The fourth-order valence-corrected chi connectivity index (χ4v) is 7.74. The fourth-order valence-electron chi connectivity index (χ4n) is 7.74. The number of nitro benzene ring substituents is 1. The van der Waals surface area contributed by atoms with Crippen molar-refractivity contribution >= 4 is 17.6 Å². The Balaban J connectivity index is 1.16. The number of carboxylic acid groups (broad SMARTS) is 1. The molecular weight excluding hydrogens is 544 g/mol. The van der Waals surface area contributed by atoms with Crippen LogP contribution in [0.25, 0.3) is 0 Å². The Kier molecular flexibility index (Phi) is 10.5. The molecule has 3 unspecified atom stereocenters. The third kappa shape index (κ3) is 7.81. The average Bonchev–Trinajstić information content (AvgIpc) is 3.43. The van der Waals surface area contributed by atoms with E-state index >= 15 is 0 Å². The average molecular weight is 591 g/mol. The molecule has 3 aliphatic rings. The number of amides is 1. The number of carbonyl (C=O) groups excluding carboxylic acids is 1. The second-order valence-corrected chi connectivity index (χ2v) is 12.9. The first-order valence-electron chi connectivity index (χ1n) is 16.0. The smallest absolute Gasteiger partial charge is 0.321 e. The Morgan fingerprint density at radius 2 is 1.65 bits per heavy atom. The summed E-state index contributed by atoms with van der Waals surface area (Å²) < 4.78 is 0. The quantitative estimate of drug-likeness (QED) is 0.283. The maximum atomic E-state index is 13.0. The number of carbonyl (C=O) groups is 2. The molecule has 3 fully saturated rings. The van der Waals surface area contributed by atoms with Crippen LogP contribution in [0, 0.1) is 22.0 Å². The van der Waals surface area contributed by atoms with Gasteiger partial charge in [-0.3, -0.25) is 24.6 Å². The lowest BCUT2D eigenvalue weighted by atomic mass is 9.83. The van der Waals surface area contributed by atoms with E-state index in [4.69, 9.17) is 0 Å². The normalized spacial score (nSPS) is 23.2. The molecule has 2 aliphatic heterocycles. The number of nitrogens with zero attached hydrogens (tertiary/aromatic N) is 4. The van der Waals surface area contributed by atoms with Crippen LogP contribution in [0.1, 0.15) is 68.4 Å². The highest BCUT2D eigenvalue weighted by molar-refractivity contribution is 5.76. The second kappa shape index (κ2) is 14.4. The summed E-state index contributed by atoms with van der Waals surface area (Å²) in [6.07, 6.45) is 8.32. The molecule has 1 amide bonds. The lowest BCUT2D eigenvalue weighted by Gasteiger charge is -2.38. The molecule has 2 saturated heterocycles. The van der Waals surface area contributed by atoms with E-state index in [0.717, 1.165) is 76.8 Å². The van der Waals surface area contributed by atoms with Crippen molar-refractivity contribution in [3.05, 3.63) is 75.8 Å². The topological polar surface area (TPSA) is 107 Å². The van der Waals surface area contributed by atoms with Crippen LogP contribution in [0.15, 0.2) is 54.6 Å². The molecule has 3 atom stereocenters. The van der Waals surface area contributed by atoms with Crippen LogP contribution in [0.3, 0.4) is 0 Å². The largest absolute Gasteiger partial charge is 0.480 e. The number of rotatable bonds is 11. The monoisotopic (exact) mass is 590 g/mol. The highest BCUT2D eigenvalue weighted by atomic mass is 16.6. The minimum absolute atomic E-state index is 0.0604. The van der Waals surface area contributed by atoms with Gasteiger partial charge in [0, 0.05) is 70.3 Å². The van der Waals surface area contributed by atoms with Gasteiger partial charge in [0.05, 0.1) is 4.92 Å². The molecule has 0 aromatic heterocycles. The Labute approximate surface area is 255 Å². The van der Waals surface area contributed by atoms with Gasteiger partial charge in [-0.1, -0.05) is 61.7 Å². The zero-order chi connectivity index (χ0) is 30.3. The highest BCUT2D eigenvalue weighted by Gasteiger charge is 2.43. The number of carboxylic acids is 1. The van der Waals surface area contributed by atoms with E-state index in [0.29, 0.717) is 24.7 Å². The van der Waals surface area contributed by atoms with Crippen molar-refractivity contribution in [3.8, 4) is 0 Å². The van der Waals surface area contributed by atoms with Crippen LogP contribution < -0.4 is 0 Å². The molecule has 2 aromatic rings. The first-order chi connectivity index (χ1) is 20.8. The molecule has 43 heavy (non-hydrogen) atoms. The van der Waals surface area contributed by atoms with Crippen LogP contribution in [-0.2, 0) is 16.0 Å². The van der Waals surface area contributed by atoms with Gasteiger partial charge in [0.2, 0.25) is 5.91 Å². The highest BCUT2D eigenvalue weighted by Crippen LogP contribution is 2.38. The Bertz CT molecular complexity index is 1230. The van der Waals surface area contributed by atoms with Gasteiger partial charge in [0.25, 0.3) is 5.69 Å². The first-order valence-corrected chi connectivity index (χ1v) is 16.0. The molecule has 2 aromatic carbocycles. The van der Waals surface area contributed by atoms with E-state index in [2.05, 4.69) is 34.1 Å². The summed E-state index contributed by atoms with van der Waals surface area (Å²) >= 11 is 0. The molecule has 0 spiro atoms. The number of nitro groups is 1. The van der Waals surface area contributed by atoms with E-state index in [1.165, 1.54) is 24.1 Å². The van der Waals surface area contributed by atoms with Crippen molar-refractivity contribution < 1.29 is 19.6 Å². The fraction of sp³-hybridized carbons (Fsp3) is 0.588. The molecular formula is C34H46N4O5.